The van der Waals surface area contributed by atoms with Crippen LogP contribution in [0, 0.1) is 16.0 Å². The second-order valence-corrected chi connectivity index (χ2v) is 5.96. The average Bonchev–Trinajstić information content (AvgIpc) is 2.48. The predicted octanol–water partition coefficient (Wildman–Crippen LogP) is 1.60. The van der Waals surface area contributed by atoms with Gasteiger partial charge in [-0.25, -0.2) is 4.79 Å². The molecular formula is C14H25N3O4. The van der Waals surface area contributed by atoms with E-state index >= 15 is 0 Å². The minimum atomic E-state index is -0.357. The van der Waals surface area contributed by atoms with E-state index in [1.165, 1.54) is 0 Å². The Hall–Kier alpha value is -1.37. The first-order valence-electron chi connectivity index (χ1n) is 7.87. The van der Waals surface area contributed by atoms with Crippen molar-refractivity contribution in [3.63, 3.8) is 0 Å². The van der Waals surface area contributed by atoms with Crippen LogP contribution in [0.4, 0.5) is 4.79 Å². The molecule has 0 aromatic rings. The highest BCUT2D eigenvalue weighted by Gasteiger charge is 2.31. The highest BCUT2D eigenvalue weighted by atomic mass is 16.6. The number of carbonyl (C=O) groups excluding carboxylic acids is 1. The van der Waals surface area contributed by atoms with Gasteiger partial charge in [0.1, 0.15) is 0 Å². The van der Waals surface area contributed by atoms with Gasteiger partial charge in [-0.1, -0.05) is 0 Å². The summed E-state index contributed by atoms with van der Waals surface area (Å²) in [7, 11) is 0. The van der Waals surface area contributed by atoms with Crippen molar-refractivity contribution in [3.8, 4) is 0 Å². The van der Waals surface area contributed by atoms with Gasteiger partial charge in [-0.3, -0.25) is 15.0 Å². The lowest BCUT2D eigenvalue weighted by atomic mass is 9.85. The van der Waals surface area contributed by atoms with E-state index in [4.69, 9.17) is 4.74 Å². The molecule has 7 heteroatoms. The molecule has 1 aliphatic heterocycles. The normalized spacial score (nSPS) is 27.4. The molecule has 2 aliphatic rings. The number of hydrogen-bond acceptors (Lipinski definition) is 5. The number of nitrogens with zero attached hydrogens (tertiary/aromatic N) is 3. The summed E-state index contributed by atoms with van der Waals surface area (Å²) in [6, 6.07) is -0.357. The molecule has 2 atom stereocenters. The maximum atomic E-state index is 11.6. The second-order valence-electron chi connectivity index (χ2n) is 5.96. The van der Waals surface area contributed by atoms with E-state index in [-0.39, 0.29) is 17.1 Å². The summed E-state index contributed by atoms with van der Waals surface area (Å²) >= 11 is 0. The van der Waals surface area contributed by atoms with Crippen LogP contribution in [-0.2, 0) is 4.74 Å². The van der Waals surface area contributed by atoms with Crippen LogP contribution in [0.25, 0.3) is 0 Å². The Morgan fingerprint density at radius 2 is 2.00 bits per heavy atom. The van der Waals surface area contributed by atoms with Gasteiger partial charge in [0.15, 0.2) is 0 Å². The highest BCUT2D eigenvalue weighted by molar-refractivity contribution is 5.67. The van der Waals surface area contributed by atoms with Gasteiger partial charge in [-0.2, -0.15) is 0 Å². The van der Waals surface area contributed by atoms with Gasteiger partial charge in [0.25, 0.3) is 0 Å². The third kappa shape index (κ3) is 4.56. The second kappa shape index (κ2) is 7.59. The number of rotatable bonds is 4. The maximum Gasteiger partial charge on any atom is 0.409 e. The number of piperazine rings is 1. The van der Waals surface area contributed by atoms with Crippen molar-refractivity contribution in [3.05, 3.63) is 10.1 Å². The molecule has 0 aromatic carbocycles. The zero-order valence-corrected chi connectivity index (χ0v) is 12.7. The zero-order chi connectivity index (χ0) is 15.2. The van der Waals surface area contributed by atoms with E-state index in [2.05, 4.69) is 4.90 Å². The minimum Gasteiger partial charge on any atom is -0.450 e. The summed E-state index contributed by atoms with van der Waals surface area (Å²) in [4.78, 5) is 26.5. The molecule has 1 saturated carbocycles. The maximum absolute atomic E-state index is 11.6. The van der Waals surface area contributed by atoms with Gasteiger partial charge in [-0.15, -0.1) is 0 Å². The number of amides is 1. The molecule has 0 N–H and O–H groups in total. The molecule has 0 aromatic heterocycles. The molecule has 21 heavy (non-hydrogen) atoms. The molecule has 1 amide bonds. The average molecular weight is 299 g/mol. The van der Waals surface area contributed by atoms with Crippen molar-refractivity contribution >= 4 is 6.09 Å². The predicted molar refractivity (Wildman–Crippen MR) is 77.8 cm³/mol. The van der Waals surface area contributed by atoms with Crippen molar-refractivity contribution in [1.29, 1.82) is 0 Å². The Morgan fingerprint density at radius 1 is 1.29 bits per heavy atom. The van der Waals surface area contributed by atoms with Gasteiger partial charge >= 0.3 is 6.09 Å². The number of ether oxygens (including phenoxy) is 1. The fourth-order valence-corrected chi connectivity index (χ4v) is 3.31. The molecule has 2 unspecified atom stereocenters. The van der Waals surface area contributed by atoms with Gasteiger partial charge < -0.3 is 9.64 Å². The third-order valence-corrected chi connectivity index (χ3v) is 4.47. The molecule has 2 rings (SSSR count). The van der Waals surface area contributed by atoms with E-state index in [1.807, 2.05) is 6.92 Å². The van der Waals surface area contributed by atoms with Crippen LogP contribution in [0.2, 0.25) is 0 Å². The van der Waals surface area contributed by atoms with Crippen molar-refractivity contribution in [1.82, 2.24) is 9.80 Å². The summed E-state index contributed by atoms with van der Waals surface area (Å²) in [6.45, 7) is 6.17. The van der Waals surface area contributed by atoms with Crippen LogP contribution in [0.15, 0.2) is 0 Å². The number of hydrogen-bond donors (Lipinski definition) is 0. The molecule has 1 saturated heterocycles. The molecule has 1 aliphatic carbocycles. The smallest absolute Gasteiger partial charge is 0.409 e. The minimum absolute atomic E-state index is 0.120. The standard InChI is InChI=1S/C14H25N3O4/c1-2-21-14(18)16-8-6-15(7-9-16)11-12-4-3-5-13(10-12)17(19)20/h12-13H,2-11H2,1H3. The number of nitro groups is 1. The molecular weight excluding hydrogens is 274 g/mol. The Morgan fingerprint density at radius 3 is 2.62 bits per heavy atom. The fraction of sp³-hybridized carbons (Fsp3) is 0.929. The Bertz CT molecular complexity index is 369. The van der Waals surface area contributed by atoms with Crippen molar-refractivity contribution in [2.45, 2.75) is 38.6 Å². The topological polar surface area (TPSA) is 75.9 Å². The Labute approximate surface area is 125 Å². The Kier molecular flexibility index (Phi) is 5.78. The van der Waals surface area contributed by atoms with Crippen LogP contribution >= 0.6 is 0 Å². The van der Waals surface area contributed by atoms with Gasteiger partial charge in [0.2, 0.25) is 6.04 Å². The van der Waals surface area contributed by atoms with E-state index in [0.717, 1.165) is 38.9 Å². The van der Waals surface area contributed by atoms with E-state index in [0.29, 0.717) is 32.0 Å². The first kappa shape index (κ1) is 16.0. The molecule has 0 radical (unpaired) electrons. The fourth-order valence-electron chi connectivity index (χ4n) is 3.31. The lowest BCUT2D eigenvalue weighted by Gasteiger charge is -2.36. The van der Waals surface area contributed by atoms with Crippen molar-refractivity contribution in [2.24, 2.45) is 5.92 Å². The van der Waals surface area contributed by atoms with Crippen LogP contribution in [0.5, 0.6) is 0 Å². The monoisotopic (exact) mass is 299 g/mol. The SMILES string of the molecule is CCOC(=O)N1CCN(CC2CCCC([N+](=O)[O-])C2)CC1. The van der Waals surface area contributed by atoms with Gasteiger partial charge in [-0.05, 0) is 25.7 Å². The molecule has 0 spiro atoms. The first-order valence-corrected chi connectivity index (χ1v) is 7.87. The van der Waals surface area contributed by atoms with Gasteiger partial charge in [0.05, 0.1) is 6.61 Å². The van der Waals surface area contributed by atoms with Crippen molar-refractivity contribution in [2.75, 3.05) is 39.3 Å². The molecule has 7 nitrogen and oxygen atoms in total. The first-order chi connectivity index (χ1) is 10.1. The highest BCUT2D eigenvalue weighted by Crippen LogP contribution is 2.27. The van der Waals surface area contributed by atoms with Crippen molar-refractivity contribution < 1.29 is 14.5 Å². The summed E-state index contributed by atoms with van der Waals surface area (Å²) in [5.74, 6) is 0.420. The van der Waals surface area contributed by atoms with E-state index in [1.54, 1.807) is 4.90 Å². The van der Waals surface area contributed by atoms with E-state index in [9.17, 15) is 14.9 Å². The zero-order valence-electron chi connectivity index (χ0n) is 12.7. The summed E-state index contributed by atoms with van der Waals surface area (Å²) < 4.78 is 5.00. The number of carbonyl (C=O) groups is 1. The van der Waals surface area contributed by atoms with Crippen LogP contribution in [0.1, 0.15) is 32.6 Å². The lowest BCUT2D eigenvalue weighted by Crippen LogP contribution is -2.50. The quantitative estimate of drug-likeness (QED) is 0.582. The van der Waals surface area contributed by atoms with Crippen LogP contribution in [0.3, 0.4) is 0 Å². The van der Waals surface area contributed by atoms with Crippen LogP contribution < -0.4 is 0 Å². The largest absolute Gasteiger partial charge is 0.450 e. The van der Waals surface area contributed by atoms with Crippen LogP contribution in [-0.4, -0.2) is 66.2 Å². The molecule has 2 fully saturated rings. The Balaban J connectivity index is 1.73. The summed E-state index contributed by atoms with van der Waals surface area (Å²) in [5.41, 5.74) is 0. The third-order valence-electron chi connectivity index (χ3n) is 4.47. The summed E-state index contributed by atoms with van der Waals surface area (Å²) in [6.07, 6.45) is 3.23. The van der Waals surface area contributed by atoms with Gasteiger partial charge in [0, 0.05) is 50.5 Å². The molecule has 0 bridgehead atoms. The molecule has 120 valence electrons. The van der Waals surface area contributed by atoms with E-state index < -0.39 is 0 Å². The lowest BCUT2D eigenvalue weighted by molar-refractivity contribution is -0.528. The molecule has 1 heterocycles. The summed E-state index contributed by atoms with van der Waals surface area (Å²) in [5, 5.41) is 10.9.